The van der Waals surface area contributed by atoms with Gasteiger partial charge in [0, 0.05) is 49.7 Å². The van der Waals surface area contributed by atoms with Gasteiger partial charge >= 0.3 is 0 Å². The van der Waals surface area contributed by atoms with Crippen LogP contribution in [0.1, 0.15) is 109 Å². The van der Waals surface area contributed by atoms with Crippen LogP contribution in [0, 0.1) is 22.7 Å². The minimum absolute atomic E-state index is 0.256. The molecule has 374 valence electrons. The van der Waals surface area contributed by atoms with Gasteiger partial charge in [-0.15, -0.1) is 0 Å². The average molecular weight is 1010 g/mol. The number of hydrogen-bond acceptors (Lipinski definition) is 6. The Morgan fingerprint density at radius 1 is 0.372 bits per heavy atom. The molecule has 0 amide bonds. The summed E-state index contributed by atoms with van der Waals surface area (Å²) in [5.74, 6) is 0.512. The number of furan rings is 2. The molecule has 0 unspecified atom stereocenters. The van der Waals surface area contributed by atoms with E-state index in [0.29, 0.717) is 11.1 Å². The fourth-order valence-electron chi connectivity index (χ4n) is 13.4. The largest absolute Gasteiger partial charge is 0.454 e. The fourth-order valence-corrected chi connectivity index (χ4v) is 13.4. The Kier molecular flexibility index (Phi) is 10.5. The van der Waals surface area contributed by atoms with E-state index >= 15 is 0 Å². The van der Waals surface area contributed by atoms with E-state index in [1.807, 2.05) is 36.4 Å². The van der Waals surface area contributed by atoms with Crippen molar-refractivity contribution in [3.05, 3.63) is 262 Å². The van der Waals surface area contributed by atoms with Gasteiger partial charge in [0.15, 0.2) is 11.2 Å². The van der Waals surface area contributed by atoms with Crippen LogP contribution < -0.4 is 9.80 Å². The molecule has 0 saturated carbocycles. The van der Waals surface area contributed by atoms with Crippen molar-refractivity contribution in [2.24, 2.45) is 0 Å². The second-order valence-electron chi connectivity index (χ2n) is 22.2. The highest BCUT2D eigenvalue weighted by Gasteiger charge is 2.53. The molecule has 6 heteroatoms. The molecule has 78 heavy (non-hydrogen) atoms. The van der Waals surface area contributed by atoms with E-state index in [2.05, 4.69) is 233 Å². The summed E-state index contributed by atoms with van der Waals surface area (Å²) in [7, 11) is 0. The van der Waals surface area contributed by atoms with Gasteiger partial charge in [0.25, 0.3) is 0 Å². The third-order valence-corrected chi connectivity index (χ3v) is 16.9. The molecule has 0 bridgehead atoms. The maximum absolute atomic E-state index is 10.4. The lowest BCUT2D eigenvalue weighted by Gasteiger charge is -2.46. The van der Waals surface area contributed by atoms with E-state index in [9.17, 15) is 10.5 Å². The van der Waals surface area contributed by atoms with Crippen molar-refractivity contribution >= 4 is 78.0 Å². The van der Waals surface area contributed by atoms with Gasteiger partial charge in [-0.25, -0.2) is 0 Å². The Morgan fingerprint density at radius 2 is 0.744 bits per heavy atom. The van der Waals surface area contributed by atoms with Gasteiger partial charge in [-0.1, -0.05) is 175 Å². The van der Waals surface area contributed by atoms with E-state index in [4.69, 9.17) is 8.83 Å². The first kappa shape index (κ1) is 46.9. The predicted molar refractivity (Wildman–Crippen MR) is 317 cm³/mol. The number of rotatable bonds is 8. The Balaban J connectivity index is 1.07. The molecular formula is C72H54N4O2. The van der Waals surface area contributed by atoms with Crippen LogP contribution >= 0.6 is 0 Å². The van der Waals surface area contributed by atoms with Crippen molar-refractivity contribution in [1.29, 1.82) is 10.5 Å². The Morgan fingerprint density at radius 3 is 1.15 bits per heavy atom. The third-order valence-electron chi connectivity index (χ3n) is 16.9. The molecule has 1 spiro atoms. The monoisotopic (exact) mass is 1010 g/mol. The molecule has 2 aliphatic carbocycles. The Hall–Kier alpha value is -9.62. The number of nitrogens with zero attached hydrogens (tertiary/aromatic N) is 4. The van der Waals surface area contributed by atoms with Crippen molar-refractivity contribution in [3.8, 4) is 23.3 Å². The van der Waals surface area contributed by atoms with Gasteiger partial charge in [0.2, 0.25) is 0 Å². The molecule has 0 atom stereocenters. The smallest absolute Gasteiger partial charge is 0.159 e. The van der Waals surface area contributed by atoms with Gasteiger partial charge in [0.1, 0.15) is 11.2 Å². The lowest BCUT2D eigenvalue weighted by Crippen LogP contribution is -2.40. The average Bonchev–Trinajstić information content (AvgIpc) is 4.30. The van der Waals surface area contributed by atoms with Crippen molar-refractivity contribution < 1.29 is 8.83 Å². The number of anilines is 6. The normalized spacial score (nSPS) is 13.7. The maximum Gasteiger partial charge on any atom is 0.159 e. The van der Waals surface area contributed by atoms with E-state index < -0.39 is 5.41 Å². The highest BCUT2D eigenvalue weighted by Crippen LogP contribution is 2.63. The van der Waals surface area contributed by atoms with Gasteiger partial charge in [-0.05, 0) is 140 Å². The molecule has 0 saturated heterocycles. The highest BCUT2D eigenvalue weighted by atomic mass is 16.3. The van der Waals surface area contributed by atoms with E-state index in [-0.39, 0.29) is 17.3 Å². The minimum Gasteiger partial charge on any atom is -0.454 e. The first-order valence-electron chi connectivity index (χ1n) is 27.0. The lowest BCUT2D eigenvalue weighted by molar-refractivity contribution is 0.563. The lowest BCUT2D eigenvalue weighted by atomic mass is 9.55. The SMILES string of the molecule is CC(C)c1cccc2c1oc1c(N(c3cccc(C#N)c3)c3ccc4c(c3)-c3cc(N(c5cccc(C#N)c5)c5cccc6c5oc5c(C(C)C)cccc56)ccc3C43c4ccccc4C(C)(C)c4ccccc43)cccc12. The van der Waals surface area contributed by atoms with E-state index in [1.54, 1.807) is 0 Å². The Labute approximate surface area is 454 Å². The van der Waals surface area contributed by atoms with Crippen molar-refractivity contribution in [2.75, 3.05) is 9.80 Å². The molecule has 10 aromatic carbocycles. The molecule has 6 nitrogen and oxygen atoms in total. The topological polar surface area (TPSA) is 80.3 Å². The summed E-state index contributed by atoms with van der Waals surface area (Å²) in [6, 6.07) is 78.2. The van der Waals surface area contributed by atoms with Crippen LogP contribution in [0.4, 0.5) is 34.1 Å². The first-order valence-corrected chi connectivity index (χ1v) is 27.0. The number of fused-ring (bicyclic) bond motifs is 15. The Bertz CT molecular complexity index is 4270. The molecular weight excluding hydrogens is 953 g/mol. The molecule has 14 rings (SSSR count). The zero-order valence-electron chi connectivity index (χ0n) is 44.4. The highest BCUT2D eigenvalue weighted by molar-refractivity contribution is 6.13. The summed E-state index contributed by atoms with van der Waals surface area (Å²) in [6.45, 7) is 13.5. The summed E-state index contributed by atoms with van der Waals surface area (Å²) in [5.41, 5.74) is 20.6. The second kappa shape index (κ2) is 17.5. The van der Waals surface area contributed by atoms with Crippen LogP contribution in [0.2, 0.25) is 0 Å². The summed E-state index contributed by atoms with van der Waals surface area (Å²) in [4.78, 5) is 4.52. The predicted octanol–water partition coefficient (Wildman–Crippen LogP) is 19.4. The molecule has 2 aromatic heterocycles. The number of hydrogen-bond donors (Lipinski definition) is 0. The van der Waals surface area contributed by atoms with Crippen molar-refractivity contribution in [3.63, 3.8) is 0 Å². The van der Waals surface area contributed by atoms with Crippen LogP contribution in [0.3, 0.4) is 0 Å². The summed E-state index contributed by atoms with van der Waals surface area (Å²) in [6.07, 6.45) is 0. The van der Waals surface area contributed by atoms with Gasteiger partial charge < -0.3 is 18.6 Å². The summed E-state index contributed by atoms with van der Waals surface area (Å²) < 4.78 is 14.1. The number of nitriles is 2. The summed E-state index contributed by atoms with van der Waals surface area (Å²) in [5, 5.41) is 25.0. The second-order valence-corrected chi connectivity index (χ2v) is 22.2. The van der Waals surface area contributed by atoms with E-state index in [0.717, 1.165) is 100 Å². The molecule has 0 fully saturated rings. The molecule has 2 heterocycles. The van der Waals surface area contributed by atoms with E-state index in [1.165, 1.54) is 33.4 Å². The summed E-state index contributed by atoms with van der Waals surface area (Å²) >= 11 is 0. The molecule has 0 aliphatic heterocycles. The van der Waals surface area contributed by atoms with Crippen molar-refractivity contribution in [1.82, 2.24) is 0 Å². The number of benzene rings is 10. The molecule has 0 radical (unpaired) electrons. The zero-order chi connectivity index (χ0) is 53.2. The quantitative estimate of drug-likeness (QED) is 0.151. The molecule has 0 N–H and O–H groups in total. The van der Waals surface area contributed by atoms with Gasteiger partial charge in [-0.2, -0.15) is 10.5 Å². The number of para-hydroxylation sites is 4. The minimum atomic E-state index is -0.695. The van der Waals surface area contributed by atoms with Crippen LogP contribution in [-0.2, 0) is 10.8 Å². The van der Waals surface area contributed by atoms with Crippen LogP contribution in [0.15, 0.2) is 215 Å². The van der Waals surface area contributed by atoms with Crippen LogP contribution in [0.5, 0.6) is 0 Å². The first-order chi connectivity index (χ1) is 38.0. The standard InChI is InChI=1S/C72H54N4O2/c1-43(2)51-21-13-23-53-55-25-15-31-65(69(55)77-67(51)53)75(47-19-11-17-45(37-47)41-73)49-33-35-59-57(39-49)58-40-50(34-36-60(58)72(59)63-29-9-7-27-61(63)71(5,6)62-28-8-10-30-64(62)72)76(48-20-12-18-46(38-48)42-74)66-32-16-26-56-54-24-14-22-52(44(3)4)68(54)78-70(56)66/h7-40,43-44H,1-6H3. The fraction of sp³-hybridized carbons (Fsp3) is 0.139. The zero-order valence-corrected chi connectivity index (χ0v) is 44.4. The van der Waals surface area contributed by atoms with Gasteiger partial charge in [0.05, 0.1) is 40.1 Å². The molecule has 12 aromatic rings. The van der Waals surface area contributed by atoms with Gasteiger partial charge in [-0.3, -0.25) is 0 Å². The third kappa shape index (κ3) is 6.66. The molecule has 2 aliphatic rings. The van der Waals surface area contributed by atoms with Crippen LogP contribution in [0.25, 0.3) is 55.0 Å². The maximum atomic E-state index is 10.4. The van der Waals surface area contributed by atoms with Crippen molar-refractivity contribution in [2.45, 2.75) is 64.2 Å². The van der Waals surface area contributed by atoms with Crippen LogP contribution in [-0.4, -0.2) is 0 Å².